The van der Waals surface area contributed by atoms with Crippen LogP contribution in [0.3, 0.4) is 0 Å². The smallest absolute Gasteiger partial charge is 0.0614 e. The van der Waals surface area contributed by atoms with Crippen LogP contribution >= 0.6 is 24.0 Å². The molecule has 100 valence electrons. The first-order valence-electron chi connectivity index (χ1n) is 6.58. The van der Waals surface area contributed by atoms with Crippen molar-refractivity contribution in [3.63, 3.8) is 0 Å². The van der Waals surface area contributed by atoms with E-state index < -0.39 is 0 Å². The molecule has 0 saturated carbocycles. The van der Waals surface area contributed by atoms with Crippen LogP contribution in [-0.4, -0.2) is 22.8 Å². The third-order valence-corrected chi connectivity index (χ3v) is 4.28. The zero-order valence-corrected chi connectivity index (χ0v) is 12.6. The molecule has 0 spiro atoms. The quantitative estimate of drug-likeness (QED) is 0.652. The molecule has 4 heteroatoms. The lowest BCUT2D eigenvalue weighted by molar-refractivity contribution is 0.764. The van der Waals surface area contributed by atoms with Gasteiger partial charge < -0.3 is 5.32 Å². The van der Waals surface area contributed by atoms with E-state index >= 15 is 0 Å². The molecular formula is C14H22N2S2. The van der Waals surface area contributed by atoms with Crippen molar-refractivity contribution in [3.8, 4) is 0 Å². The Morgan fingerprint density at radius 3 is 3.00 bits per heavy atom. The van der Waals surface area contributed by atoms with E-state index in [0.29, 0.717) is 5.25 Å². The first kappa shape index (κ1) is 15.4. The first-order valence-corrected chi connectivity index (χ1v) is 8.10. The summed E-state index contributed by atoms with van der Waals surface area (Å²) in [6.45, 7) is 3.19. The highest BCUT2D eigenvalue weighted by atomic mass is 32.2. The van der Waals surface area contributed by atoms with Crippen molar-refractivity contribution in [2.45, 2.75) is 37.9 Å². The van der Waals surface area contributed by atoms with Crippen LogP contribution in [0.2, 0.25) is 0 Å². The molecule has 0 aliphatic carbocycles. The molecule has 0 amide bonds. The van der Waals surface area contributed by atoms with Gasteiger partial charge in [-0.25, -0.2) is 0 Å². The molecule has 0 bridgehead atoms. The normalized spacial score (nSPS) is 17.7. The van der Waals surface area contributed by atoms with E-state index in [4.69, 9.17) is 0 Å². The average molecular weight is 282 g/mol. The maximum atomic E-state index is 4.53. The summed E-state index contributed by atoms with van der Waals surface area (Å²) in [5.74, 6) is 1.31. The molecule has 1 aromatic heterocycles. The highest BCUT2D eigenvalue weighted by Crippen LogP contribution is 2.38. The number of nitrogens with one attached hydrogen (secondary N) is 1. The van der Waals surface area contributed by atoms with Gasteiger partial charge in [-0.2, -0.15) is 11.8 Å². The molecule has 2 rings (SSSR count). The van der Waals surface area contributed by atoms with Crippen LogP contribution in [0.5, 0.6) is 0 Å². The minimum absolute atomic E-state index is 0.677. The van der Waals surface area contributed by atoms with Gasteiger partial charge in [-0.15, -0.1) is 0 Å². The van der Waals surface area contributed by atoms with E-state index in [1.165, 1.54) is 37.1 Å². The van der Waals surface area contributed by atoms with Gasteiger partial charge in [0.1, 0.15) is 0 Å². The lowest BCUT2D eigenvalue weighted by Gasteiger charge is -2.05. The number of hydrogen-bond acceptors (Lipinski definition) is 3. The standard InChI is InChI=1S/C9H11NS.C5H11NS/c1-2-6-10-8(4-1)9-5-3-7-11-9;1-2-3-4-6-5-7/h1-2,4,6,9H,3,5,7H2;5H,2-4H2,1H3,(H,6,7). The highest BCUT2D eigenvalue weighted by molar-refractivity contribution is 7.99. The van der Waals surface area contributed by atoms with Gasteiger partial charge >= 0.3 is 0 Å². The minimum Gasteiger partial charge on any atom is -0.382 e. The van der Waals surface area contributed by atoms with Gasteiger partial charge in [-0.1, -0.05) is 31.6 Å². The zero-order valence-electron chi connectivity index (χ0n) is 11.0. The van der Waals surface area contributed by atoms with Crippen molar-refractivity contribution >= 4 is 29.5 Å². The van der Waals surface area contributed by atoms with Crippen molar-refractivity contribution in [2.24, 2.45) is 0 Å². The fourth-order valence-electron chi connectivity index (χ4n) is 1.72. The van der Waals surface area contributed by atoms with Crippen LogP contribution in [-0.2, 0) is 0 Å². The maximum absolute atomic E-state index is 4.53. The second-order valence-electron chi connectivity index (χ2n) is 4.18. The Hall–Kier alpha value is -0.610. The number of unbranched alkanes of at least 4 members (excludes halogenated alkanes) is 1. The van der Waals surface area contributed by atoms with Gasteiger partial charge in [0.05, 0.1) is 11.2 Å². The summed E-state index contributed by atoms with van der Waals surface area (Å²) >= 11 is 6.56. The van der Waals surface area contributed by atoms with Crippen LogP contribution in [0.1, 0.15) is 43.6 Å². The molecule has 1 aromatic rings. The van der Waals surface area contributed by atoms with Crippen LogP contribution in [0.15, 0.2) is 24.4 Å². The number of thiocarbonyl (C=S) groups is 1. The lowest BCUT2D eigenvalue weighted by Crippen LogP contribution is -2.09. The van der Waals surface area contributed by atoms with Gasteiger partial charge in [0.2, 0.25) is 0 Å². The third-order valence-electron chi connectivity index (χ3n) is 2.71. The summed E-state index contributed by atoms with van der Waals surface area (Å²) in [7, 11) is 0. The molecular weight excluding hydrogens is 260 g/mol. The molecule has 2 heterocycles. The summed E-state index contributed by atoms with van der Waals surface area (Å²) in [5, 5.41) is 3.62. The lowest BCUT2D eigenvalue weighted by atomic mass is 10.2. The second-order valence-corrected chi connectivity index (χ2v) is 5.73. The molecule has 1 atom stereocenters. The first-order chi connectivity index (χ1) is 8.88. The Labute approximate surface area is 120 Å². The summed E-state index contributed by atoms with van der Waals surface area (Å²) in [4.78, 5) is 4.34. The summed E-state index contributed by atoms with van der Waals surface area (Å²) in [6, 6.07) is 6.17. The molecule has 1 saturated heterocycles. The second kappa shape index (κ2) is 10.3. The number of pyridine rings is 1. The summed E-state index contributed by atoms with van der Waals surface area (Å²) in [6.07, 6.45) is 6.99. The minimum atomic E-state index is 0.677. The Morgan fingerprint density at radius 2 is 2.44 bits per heavy atom. The predicted molar refractivity (Wildman–Crippen MR) is 85.2 cm³/mol. The monoisotopic (exact) mass is 282 g/mol. The Kier molecular flexibility index (Phi) is 8.86. The molecule has 1 unspecified atom stereocenters. The van der Waals surface area contributed by atoms with Crippen molar-refractivity contribution in [1.82, 2.24) is 10.3 Å². The van der Waals surface area contributed by atoms with E-state index in [0.717, 1.165) is 6.54 Å². The summed E-state index contributed by atoms with van der Waals surface area (Å²) in [5.41, 5.74) is 2.82. The number of thioether (sulfide) groups is 1. The topological polar surface area (TPSA) is 24.9 Å². The number of hydrogen-bond donors (Lipinski definition) is 1. The van der Waals surface area contributed by atoms with Gasteiger partial charge in [0, 0.05) is 18.0 Å². The highest BCUT2D eigenvalue weighted by Gasteiger charge is 2.17. The zero-order chi connectivity index (χ0) is 13.1. The largest absolute Gasteiger partial charge is 0.382 e. The van der Waals surface area contributed by atoms with Gasteiger partial charge in [0.15, 0.2) is 0 Å². The molecule has 0 aromatic carbocycles. The molecule has 2 nitrogen and oxygen atoms in total. The molecule has 1 aliphatic rings. The van der Waals surface area contributed by atoms with Gasteiger partial charge in [-0.05, 0) is 37.1 Å². The molecule has 1 aliphatic heterocycles. The van der Waals surface area contributed by atoms with Crippen molar-refractivity contribution in [3.05, 3.63) is 30.1 Å². The number of aromatic nitrogens is 1. The SMILES string of the molecule is CCCCNC=S.c1ccc(C2CCCS2)nc1. The van der Waals surface area contributed by atoms with Crippen LogP contribution < -0.4 is 5.32 Å². The fourth-order valence-corrected chi connectivity index (χ4v) is 3.09. The Balaban J connectivity index is 0.000000203. The van der Waals surface area contributed by atoms with Gasteiger partial charge in [0.25, 0.3) is 0 Å². The predicted octanol–water partition coefficient (Wildman–Crippen LogP) is 3.98. The number of rotatable bonds is 5. The van der Waals surface area contributed by atoms with Crippen LogP contribution in [0.4, 0.5) is 0 Å². The van der Waals surface area contributed by atoms with E-state index in [9.17, 15) is 0 Å². The van der Waals surface area contributed by atoms with Crippen LogP contribution in [0.25, 0.3) is 0 Å². The van der Waals surface area contributed by atoms with E-state index in [1.54, 1.807) is 5.49 Å². The third kappa shape index (κ3) is 6.36. The molecule has 1 N–H and O–H groups in total. The Bertz CT molecular complexity index is 311. The Morgan fingerprint density at radius 1 is 1.56 bits per heavy atom. The van der Waals surface area contributed by atoms with Crippen molar-refractivity contribution in [1.29, 1.82) is 0 Å². The van der Waals surface area contributed by atoms with Crippen molar-refractivity contribution in [2.75, 3.05) is 12.3 Å². The average Bonchev–Trinajstić information content (AvgIpc) is 2.95. The van der Waals surface area contributed by atoms with Crippen LogP contribution in [0, 0.1) is 0 Å². The molecule has 18 heavy (non-hydrogen) atoms. The molecule has 0 radical (unpaired) electrons. The molecule has 1 fully saturated rings. The van der Waals surface area contributed by atoms with E-state index in [1.807, 2.05) is 24.0 Å². The maximum Gasteiger partial charge on any atom is 0.0614 e. The fraction of sp³-hybridized carbons (Fsp3) is 0.571. The van der Waals surface area contributed by atoms with E-state index in [2.05, 4.69) is 41.6 Å². The number of nitrogens with zero attached hydrogens (tertiary/aromatic N) is 1. The van der Waals surface area contributed by atoms with E-state index in [-0.39, 0.29) is 0 Å². The van der Waals surface area contributed by atoms with Crippen molar-refractivity contribution < 1.29 is 0 Å². The summed E-state index contributed by atoms with van der Waals surface area (Å²) < 4.78 is 0. The van der Waals surface area contributed by atoms with Gasteiger partial charge in [-0.3, -0.25) is 4.98 Å².